The third-order valence-electron chi connectivity index (χ3n) is 4.48. The van der Waals surface area contributed by atoms with E-state index in [2.05, 4.69) is 5.32 Å². The number of methoxy groups -OCH3 is 1. The summed E-state index contributed by atoms with van der Waals surface area (Å²) in [7, 11) is -4.37. The lowest BCUT2D eigenvalue weighted by molar-refractivity contribution is -0.404. The van der Waals surface area contributed by atoms with Gasteiger partial charge in [-0.15, -0.1) is 0 Å². The fourth-order valence-electron chi connectivity index (χ4n) is 3.11. The highest BCUT2D eigenvalue weighted by Crippen LogP contribution is 2.54. The topological polar surface area (TPSA) is 53.7 Å². The Hall–Kier alpha value is -2.13. The zero-order valence-corrected chi connectivity index (χ0v) is 13.6. The van der Waals surface area contributed by atoms with Crippen LogP contribution in [0, 0.1) is 11.8 Å². The molecule has 2 fully saturated rings. The molecule has 5 nitrogen and oxygen atoms in total. The van der Waals surface area contributed by atoms with E-state index in [4.69, 9.17) is 9.85 Å². The largest absolute Gasteiger partial charge is 0.673 e. The van der Waals surface area contributed by atoms with Crippen molar-refractivity contribution < 1.29 is 31.5 Å². The van der Waals surface area contributed by atoms with Crippen LogP contribution in [-0.2, 0) is 0 Å². The highest BCUT2D eigenvalue weighted by atomic mass is 19.5. The molecule has 0 bridgehead atoms. The second-order valence-electron chi connectivity index (χ2n) is 6.41. The molecule has 0 unspecified atom stereocenters. The van der Waals surface area contributed by atoms with Crippen molar-refractivity contribution in [1.82, 2.24) is 5.32 Å². The van der Waals surface area contributed by atoms with Crippen molar-refractivity contribution in [1.29, 1.82) is 0 Å². The lowest BCUT2D eigenvalue weighted by Crippen LogP contribution is -2.46. The van der Waals surface area contributed by atoms with E-state index in [9.17, 15) is 22.1 Å². The van der Waals surface area contributed by atoms with Crippen LogP contribution in [0.3, 0.4) is 0 Å². The van der Waals surface area contributed by atoms with Crippen LogP contribution in [0.2, 0.25) is 0 Å². The minimum atomic E-state index is -6.00. The monoisotopic (exact) mass is 359 g/mol. The van der Waals surface area contributed by atoms with E-state index in [-0.39, 0.29) is 11.7 Å². The maximum atomic E-state index is 12.3. The molecule has 0 radical (unpaired) electrons. The molecule has 3 aliphatic rings. The van der Waals surface area contributed by atoms with Crippen LogP contribution < -0.4 is 10.1 Å². The highest BCUT2D eigenvalue weighted by molar-refractivity contribution is 6.50. The SMILES string of the molecule is COc1ccc([N+]2=NC(C3CC3)(C3CC3)NC2=O)cc1.F[B-](F)(F)F. The van der Waals surface area contributed by atoms with E-state index < -0.39 is 7.25 Å². The molecule has 1 N–H and O–H groups in total. The number of ether oxygens (including phenoxy) is 1. The van der Waals surface area contributed by atoms with Gasteiger partial charge in [-0.3, -0.25) is 0 Å². The maximum absolute atomic E-state index is 12.3. The van der Waals surface area contributed by atoms with Crippen molar-refractivity contribution in [2.45, 2.75) is 31.3 Å². The summed E-state index contributed by atoms with van der Waals surface area (Å²) in [6, 6.07) is 7.35. The lowest BCUT2D eigenvalue weighted by Gasteiger charge is -2.17. The molecule has 25 heavy (non-hydrogen) atoms. The van der Waals surface area contributed by atoms with E-state index in [1.807, 2.05) is 24.3 Å². The van der Waals surface area contributed by atoms with E-state index in [0.29, 0.717) is 11.8 Å². The molecule has 1 heterocycles. The third-order valence-corrected chi connectivity index (χ3v) is 4.48. The predicted molar refractivity (Wildman–Crippen MR) is 82.2 cm³/mol. The molecule has 0 aromatic heterocycles. The number of urea groups is 1. The fourth-order valence-corrected chi connectivity index (χ4v) is 3.11. The van der Waals surface area contributed by atoms with Gasteiger partial charge in [0.25, 0.3) is 0 Å². The molecule has 0 saturated heterocycles. The van der Waals surface area contributed by atoms with Crippen LogP contribution in [0.1, 0.15) is 25.7 Å². The Morgan fingerprint density at radius 3 is 2.00 bits per heavy atom. The minimum absolute atomic E-state index is 0.103. The first kappa shape index (κ1) is 17.7. The number of carbonyl (C=O) groups is 1. The average molecular weight is 359 g/mol. The fraction of sp³-hybridized carbons (Fsp3) is 0.533. The summed E-state index contributed by atoms with van der Waals surface area (Å²) >= 11 is 0. The number of carbonyl (C=O) groups excluding carboxylic acids is 1. The van der Waals surface area contributed by atoms with Crippen LogP contribution in [0.5, 0.6) is 5.75 Å². The maximum Gasteiger partial charge on any atom is 0.673 e. The molecule has 4 rings (SSSR count). The van der Waals surface area contributed by atoms with Crippen molar-refractivity contribution in [3.05, 3.63) is 24.3 Å². The molecule has 0 atom stereocenters. The average Bonchev–Trinajstić information content (AvgIpc) is 3.43. The normalized spacial score (nSPS) is 21.8. The Bertz CT molecular complexity index is 667. The van der Waals surface area contributed by atoms with Crippen LogP contribution in [-0.4, -0.2) is 30.8 Å². The van der Waals surface area contributed by atoms with Crippen LogP contribution >= 0.6 is 0 Å². The van der Waals surface area contributed by atoms with E-state index in [1.54, 1.807) is 7.11 Å². The van der Waals surface area contributed by atoms with Crippen molar-refractivity contribution in [2.24, 2.45) is 17.0 Å². The van der Waals surface area contributed by atoms with Gasteiger partial charge >= 0.3 is 13.3 Å². The standard InChI is InChI=1S/C15H17N3O2.BF4/c1-20-13-8-6-12(7-9-13)18-14(19)16-15(17-18,10-2-3-10)11-4-5-11;2-1(3,4)5/h6-11H,2-5H2,1H3;/q;-1/p+1. The van der Waals surface area contributed by atoms with E-state index >= 15 is 0 Å². The quantitative estimate of drug-likeness (QED) is 0.494. The second kappa shape index (κ2) is 6.31. The van der Waals surface area contributed by atoms with E-state index in [1.165, 1.54) is 30.4 Å². The van der Waals surface area contributed by atoms with Crippen molar-refractivity contribution in [3.63, 3.8) is 0 Å². The first-order valence-corrected chi connectivity index (χ1v) is 8.09. The molecule has 2 aliphatic carbocycles. The van der Waals surface area contributed by atoms with Gasteiger partial charge in [-0.2, -0.15) is 4.79 Å². The summed E-state index contributed by atoms with van der Waals surface area (Å²) in [5, 5.41) is 7.94. The molecule has 1 aromatic rings. The van der Waals surface area contributed by atoms with Gasteiger partial charge < -0.3 is 22.0 Å². The Balaban J connectivity index is 0.000000324. The molecular formula is C15H18BF4N3O2. The Kier molecular flexibility index (Phi) is 4.46. The zero-order chi connectivity index (χ0) is 18.2. The van der Waals surface area contributed by atoms with Crippen LogP contribution in [0.25, 0.3) is 0 Å². The van der Waals surface area contributed by atoms with Gasteiger partial charge in [0.2, 0.25) is 5.66 Å². The number of nitrogens with one attached hydrogen (secondary N) is 1. The number of amides is 2. The number of nitrogens with zero attached hydrogens (tertiary/aromatic N) is 2. The number of rotatable bonds is 4. The minimum Gasteiger partial charge on any atom is -0.497 e. The molecular weight excluding hydrogens is 341 g/mol. The summed E-state index contributed by atoms with van der Waals surface area (Å²) in [6.07, 6.45) is 4.71. The van der Waals surface area contributed by atoms with Gasteiger partial charge in [0.15, 0.2) is 5.69 Å². The molecule has 1 aliphatic heterocycles. The van der Waals surface area contributed by atoms with Gasteiger partial charge in [0.05, 0.1) is 7.11 Å². The molecule has 10 heteroatoms. The summed E-state index contributed by atoms with van der Waals surface area (Å²) < 4.78 is 45.7. The number of hydrogen-bond donors (Lipinski definition) is 1. The molecule has 1 aromatic carbocycles. The van der Waals surface area contributed by atoms with Crippen LogP contribution in [0.15, 0.2) is 29.4 Å². The number of hydrogen-bond acceptors (Lipinski definition) is 3. The van der Waals surface area contributed by atoms with Gasteiger partial charge in [0.1, 0.15) is 5.75 Å². The smallest absolute Gasteiger partial charge is 0.497 e. The molecule has 136 valence electrons. The number of azo groups is 2. The van der Waals surface area contributed by atoms with Gasteiger partial charge in [-0.25, -0.2) is 5.32 Å². The lowest BCUT2D eigenvalue weighted by atomic mass is 10.00. The summed E-state index contributed by atoms with van der Waals surface area (Å²) in [5.74, 6) is 1.84. The first-order chi connectivity index (χ1) is 11.7. The molecule has 2 amide bonds. The Morgan fingerprint density at radius 2 is 1.60 bits per heavy atom. The number of benzene rings is 1. The highest BCUT2D eigenvalue weighted by Gasteiger charge is 2.64. The molecule has 0 spiro atoms. The van der Waals surface area contributed by atoms with E-state index in [0.717, 1.165) is 11.4 Å². The number of halogens is 4. The van der Waals surface area contributed by atoms with Gasteiger partial charge in [-0.05, 0) is 49.9 Å². The Morgan fingerprint density at radius 1 is 1.12 bits per heavy atom. The molecule has 2 saturated carbocycles. The van der Waals surface area contributed by atoms with Crippen molar-refractivity contribution in [2.75, 3.05) is 7.11 Å². The zero-order valence-electron chi connectivity index (χ0n) is 13.6. The third kappa shape index (κ3) is 4.11. The summed E-state index contributed by atoms with van der Waals surface area (Å²) in [5.41, 5.74) is 0.475. The Labute approximate surface area is 142 Å². The van der Waals surface area contributed by atoms with Crippen LogP contribution in [0.4, 0.5) is 27.7 Å². The first-order valence-electron chi connectivity index (χ1n) is 8.09. The van der Waals surface area contributed by atoms with Crippen molar-refractivity contribution in [3.8, 4) is 5.75 Å². The summed E-state index contributed by atoms with van der Waals surface area (Å²) in [4.78, 5) is 12.3. The van der Waals surface area contributed by atoms with Crippen molar-refractivity contribution >= 4 is 19.0 Å². The second-order valence-corrected chi connectivity index (χ2v) is 6.41. The van der Waals surface area contributed by atoms with Gasteiger partial charge in [0, 0.05) is 11.8 Å². The predicted octanol–water partition coefficient (Wildman–Crippen LogP) is 4.33. The summed E-state index contributed by atoms with van der Waals surface area (Å²) in [6.45, 7) is 0. The van der Waals surface area contributed by atoms with Gasteiger partial charge in [-0.1, -0.05) is 9.81 Å².